The van der Waals surface area contributed by atoms with Gasteiger partial charge in [0.1, 0.15) is 11.4 Å². The molecule has 2 aromatic rings. The summed E-state index contributed by atoms with van der Waals surface area (Å²) in [7, 11) is 3.12. The number of nitrogens with two attached hydrogens (primary N) is 1. The van der Waals surface area contributed by atoms with Gasteiger partial charge in [-0.2, -0.15) is 0 Å². The lowest BCUT2D eigenvalue weighted by atomic mass is 9.99. The topological polar surface area (TPSA) is 96.4 Å². The lowest BCUT2D eigenvalue weighted by Crippen LogP contribution is -2.33. The highest BCUT2D eigenvalue weighted by Crippen LogP contribution is 2.37. The number of hydrogen-bond donors (Lipinski definition) is 1. The van der Waals surface area contributed by atoms with E-state index in [1.165, 1.54) is 10.8 Å². The number of primary amides is 1. The molecule has 0 aliphatic carbocycles. The fourth-order valence-corrected chi connectivity index (χ4v) is 2.65. The number of aromatic nitrogens is 2. The minimum absolute atomic E-state index is 0.104. The number of hydrogen-bond acceptors (Lipinski definition) is 5. The summed E-state index contributed by atoms with van der Waals surface area (Å²) in [5.74, 6) is 0.914. The van der Waals surface area contributed by atoms with Crippen LogP contribution in [0.1, 0.15) is 15.9 Å². The van der Waals surface area contributed by atoms with Crippen LogP contribution in [0, 0.1) is 0 Å². The third-order valence-corrected chi connectivity index (χ3v) is 3.77. The highest BCUT2D eigenvalue weighted by Gasteiger charge is 2.23. The van der Waals surface area contributed by atoms with Crippen molar-refractivity contribution in [3.63, 3.8) is 0 Å². The van der Waals surface area contributed by atoms with Crippen LogP contribution in [0.3, 0.4) is 0 Å². The Kier molecular flexibility index (Phi) is 3.32. The second-order valence-corrected chi connectivity index (χ2v) is 4.93. The van der Waals surface area contributed by atoms with E-state index in [9.17, 15) is 9.59 Å². The van der Waals surface area contributed by atoms with Crippen molar-refractivity contribution in [2.24, 2.45) is 5.73 Å². The van der Waals surface area contributed by atoms with E-state index < -0.39 is 11.5 Å². The van der Waals surface area contributed by atoms with Crippen LogP contribution in [0.15, 0.2) is 23.1 Å². The van der Waals surface area contributed by atoms with Crippen molar-refractivity contribution in [2.45, 2.75) is 13.0 Å². The maximum atomic E-state index is 12.3. The first-order chi connectivity index (χ1) is 10.6. The Labute approximate surface area is 126 Å². The van der Waals surface area contributed by atoms with Crippen molar-refractivity contribution in [2.75, 3.05) is 14.2 Å². The lowest BCUT2D eigenvalue weighted by Gasteiger charge is -2.22. The molecule has 0 atom stereocenters. The molecule has 2 N–H and O–H groups in total. The number of ether oxygens (including phenoxy) is 2. The van der Waals surface area contributed by atoms with Crippen LogP contribution in [0.25, 0.3) is 11.4 Å². The number of amides is 1. The molecule has 22 heavy (non-hydrogen) atoms. The lowest BCUT2D eigenvalue weighted by molar-refractivity contribution is 0.0998. The first-order valence-electron chi connectivity index (χ1n) is 6.71. The Morgan fingerprint density at radius 3 is 2.59 bits per heavy atom. The monoisotopic (exact) mass is 301 g/mol. The molecule has 2 heterocycles. The van der Waals surface area contributed by atoms with Gasteiger partial charge in [0.2, 0.25) is 0 Å². The van der Waals surface area contributed by atoms with Crippen LogP contribution in [-0.4, -0.2) is 29.7 Å². The maximum absolute atomic E-state index is 12.3. The summed E-state index contributed by atoms with van der Waals surface area (Å²) in [5.41, 5.74) is 6.47. The summed E-state index contributed by atoms with van der Waals surface area (Å²) in [6.45, 7) is 0.435. The number of methoxy groups -OCH3 is 2. The number of aryl methyl sites for hydroxylation is 1. The molecular weight excluding hydrogens is 286 g/mol. The highest BCUT2D eigenvalue weighted by atomic mass is 16.5. The largest absolute Gasteiger partial charge is 0.493 e. The van der Waals surface area contributed by atoms with E-state index in [0.29, 0.717) is 30.3 Å². The predicted octanol–water partition coefficient (Wildman–Crippen LogP) is 0.582. The van der Waals surface area contributed by atoms with Crippen LogP contribution >= 0.6 is 0 Å². The molecule has 114 valence electrons. The molecule has 1 aromatic heterocycles. The van der Waals surface area contributed by atoms with Gasteiger partial charge in [-0.25, -0.2) is 4.98 Å². The number of carbonyl (C=O) groups excluding carboxylic acids is 1. The van der Waals surface area contributed by atoms with Crippen molar-refractivity contribution < 1.29 is 14.3 Å². The average molecular weight is 301 g/mol. The molecule has 7 nitrogen and oxygen atoms in total. The van der Waals surface area contributed by atoms with E-state index in [-0.39, 0.29) is 5.56 Å². The van der Waals surface area contributed by atoms with Gasteiger partial charge in [-0.05, 0) is 24.1 Å². The fraction of sp³-hybridized carbons (Fsp3) is 0.267. The summed E-state index contributed by atoms with van der Waals surface area (Å²) in [6.07, 6.45) is 1.86. The molecule has 7 heteroatoms. The smallest absolute Gasteiger partial charge is 0.266 e. The Balaban J connectivity index is 2.24. The molecule has 0 saturated heterocycles. The van der Waals surface area contributed by atoms with Gasteiger partial charge in [0.05, 0.1) is 14.2 Å². The van der Waals surface area contributed by atoms with E-state index in [4.69, 9.17) is 15.2 Å². The number of rotatable bonds is 3. The summed E-state index contributed by atoms with van der Waals surface area (Å²) < 4.78 is 12.1. The molecule has 0 saturated carbocycles. The molecule has 0 bridgehead atoms. The van der Waals surface area contributed by atoms with E-state index in [1.54, 1.807) is 20.3 Å². The van der Waals surface area contributed by atoms with E-state index in [0.717, 1.165) is 11.1 Å². The molecule has 1 aliphatic heterocycles. The third kappa shape index (κ3) is 2.02. The van der Waals surface area contributed by atoms with Gasteiger partial charge in [0.15, 0.2) is 11.5 Å². The summed E-state index contributed by atoms with van der Waals surface area (Å²) in [6, 6.07) is 3.67. The third-order valence-electron chi connectivity index (χ3n) is 3.77. The Morgan fingerprint density at radius 2 is 1.95 bits per heavy atom. The molecule has 0 spiro atoms. The van der Waals surface area contributed by atoms with Gasteiger partial charge in [0.25, 0.3) is 11.5 Å². The molecule has 1 aromatic carbocycles. The van der Waals surface area contributed by atoms with Crippen LogP contribution in [0.4, 0.5) is 0 Å². The SMILES string of the molecule is COc1cc2c(cc1OC)-c1ncc(C(N)=O)c(=O)n1CC2. The molecule has 3 rings (SSSR count). The second-order valence-electron chi connectivity index (χ2n) is 4.93. The fourth-order valence-electron chi connectivity index (χ4n) is 2.65. The first-order valence-corrected chi connectivity index (χ1v) is 6.71. The van der Waals surface area contributed by atoms with Crippen molar-refractivity contribution in [1.82, 2.24) is 9.55 Å². The molecule has 0 fully saturated rings. The van der Waals surface area contributed by atoms with Crippen LogP contribution < -0.4 is 20.8 Å². The minimum Gasteiger partial charge on any atom is -0.493 e. The molecule has 0 unspecified atom stereocenters. The average Bonchev–Trinajstić information content (AvgIpc) is 2.53. The first kappa shape index (κ1) is 14.1. The van der Waals surface area contributed by atoms with E-state index in [2.05, 4.69) is 4.98 Å². The number of nitrogens with zero attached hydrogens (tertiary/aromatic N) is 2. The van der Waals surface area contributed by atoms with E-state index in [1.807, 2.05) is 6.07 Å². The van der Waals surface area contributed by atoms with Crippen molar-refractivity contribution in [1.29, 1.82) is 0 Å². The summed E-state index contributed by atoms with van der Waals surface area (Å²) >= 11 is 0. The quantitative estimate of drug-likeness (QED) is 0.894. The van der Waals surface area contributed by atoms with Gasteiger partial charge in [-0.3, -0.25) is 14.2 Å². The van der Waals surface area contributed by atoms with Crippen molar-refractivity contribution >= 4 is 5.91 Å². The number of fused-ring (bicyclic) bond motifs is 3. The summed E-state index contributed by atoms with van der Waals surface area (Å²) in [4.78, 5) is 27.8. The Bertz CT molecular complexity index is 826. The van der Waals surface area contributed by atoms with Crippen molar-refractivity contribution in [3.8, 4) is 22.9 Å². The molecular formula is C15H15N3O4. The van der Waals surface area contributed by atoms with Gasteiger partial charge in [-0.15, -0.1) is 0 Å². The van der Waals surface area contributed by atoms with E-state index >= 15 is 0 Å². The van der Waals surface area contributed by atoms with Crippen LogP contribution in [0.5, 0.6) is 11.5 Å². The van der Waals surface area contributed by atoms with Crippen LogP contribution in [0.2, 0.25) is 0 Å². The van der Waals surface area contributed by atoms with Crippen molar-refractivity contribution in [3.05, 3.63) is 39.8 Å². The minimum atomic E-state index is -0.772. The highest BCUT2D eigenvalue weighted by molar-refractivity contribution is 5.92. The Hall–Kier alpha value is -2.83. The number of benzene rings is 1. The molecule has 0 radical (unpaired) electrons. The predicted molar refractivity (Wildman–Crippen MR) is 79.3 cm³/mol. The zero-order valence-corrected chi connectivity index (χ0v) is 12.3. The molecule has 1 aliphatic rings. The summed E-state index contributed by atoms with van der Waals surface area (Å²) in [5, 5.41) is 0. The zero-order valence-electron chi connectivity index (χ0n) is 12.3. The van der Waals surface area contributed by atoms with Gasteiger partial charge < -0.3 is 15.2 Å². The Morgan fingerprint density at radius 1 is 1.27 bits per heavy atom. The van der Waals surface area contributed by atoms with Crippen LogP contribution in [-0.2, 0) is 13.0 Å². The second kappa shape index (κ2) is 5.18. The normalized spacial score (nSPS) is 12.3. The zero-order chi connectivity index (χ0) is 15.9. The van der Waals surface area contributed by atoms with Gasteiger partial charge >= 0.3 is 0 Å². The standard InChI is InChI=1S/C15H15N3O4/c1-21-11-5-8-3-4-18-14(9(8)6-12(11)22-2)17-7-10(13(16)19)15(18)20/h5-7H,3-4H2,1-2H3,(H2,16,19). The maximum Gasteiger partial charge on any atom is 0.266 e. The molecule has 1 amide bonds. The van der Waals surface area contributed by atoms with Gasteiger partial charge in [0, 0.05) is 18.3 Å². The number of carbonyl (C=O) groups is 1. The van der Waals surface area contributed by atoms with Gasteiger partial charge in [-0.1, -0.05) is 0 Å².